The molecule has 126 valence electrons. The molecule has 1 heterocycles. The number of aliphatic imine (C=N–C) groups is 1. The molecule has 3 nitrogen and oxygen atoms in total. The molecule has 0 aliphatic carbocycles. The van der Waals surface area contributed by atoms with Gasteiger partial charge in [-0.3, -0.25) is 0 Å². The number of rotatable bonds is 5. The molecule has 23 heavy (non-hydrogen) atoms. The summed E-state index contributed by atoms with van der Waals surface area (Å²) in [6, 6.07) is 9.40. The van der Waals surface area contributed by atoms with Crippen molar-refractivity contribution in [3.63, 3.8) is 0 Å². The van der Waals surface area contributed by atoms with Gasteiger partial charge in [-0.05, 0) is 49.4 Å². The van der Waals surface area contributed by atoms with Gasteiger partial charge in [-0.25, -0.2) is 9.38 Å². The fourth-order valence-electron chi connectivity index (χ4n) is 2.05. The van der Waals surface area contributed by atoms with Crippen molar-refractivity contribution in [2.75, 3.05) is 6.54 Å². The zero-order chi connectivity index (χ0) is 15.9. The fourth-order valence-corrected chi connectivity index (χ4v) is 2.67. The van der Waals surface area contributed by atoms with Crippen LogP contribution in [0, 0.1) is 12.7 Å². The summed E-state index contributed by atoms with van der Waals surface area (Å²) in [5.74, 6) is 0.566. The van der Waals surface area contributed by atoms with Gasteiger partial charge in [-0.1, -0.05) is 18.2 Å². The van der Waals surface area contributed by atoms with Crippen LogP contribution in [-0.4, -0.2) is 12.5 Å². The van der Waals surface area contributed by atoms with Crippen molar-refractivity contribution >= 4 is 41.3 Å². The molecular weight excluding hydrogens is 424 g/mol. The summed E-state index contributed by atoms with van der Waals surface area (Å²) in [6.07, 6.45) is 0. The smallest absolute Gasteiger partial charge is 0.192 e. The number of thiophene rings is 1. The summed E-state index contributed by atoms with van der Waals surface area (Å²) in [4.78, 5) is 5.79. The monoisotopic (exact) mass is 447 g/mol. The molecule has 1 aromatic heterocycles. The lowest BCUT2D eigenvalue weighted by Crippen LogP contribution is -2.38. The van der Waals surface area contributed by atoms with E-state index in [-0.39, 0.29) is 35.8 Å². The molecule has 0 aliphatic rings. The van der Waals surface area contributed by atoms with Crippen molar-refractivity contribution in [2.45, 2.75) is 33.4 Å². The molecule has 0 saturated carbocycles. The number of guanidine groups is 1. The molecular formula is C17H23FIN3S. The molecule has 2 rings (SSSR count). The van der Waals surface area contributed by atoms with Gasteiger partial charge in [0.05, 0.1) is 12.6 Å². The summed E-state index contributed by atoms with van der Waals surface area (Å²) < 4.78 is 13.7. The highest BCUT2D eigenvalue weighted by molar-refractivity contribution is 14.0. The van der Waals surface area contributed by atoms with E-state index in [0.717, 1.165) is 18.1 Å². The quantitative estimate of drug-likeness (QED) is 0.399. The Balaban J connectivity index is 0.00000264. The third-order valence-electron chi connectivity index (χ3n) is 3.37. The molecule has 0 aliphatic heterocycles. The maximum absolute atomic E-state index is 13.7. The number of hydrogen-bond donors (Lipinski definition) is 2. The highest BCUT2D eigenvalue weighted by Gasteiger charge is 2.09. The molecule has 0 bridgehead atoms. The predicted octanol–water partition coefficient (Wildman–Crippen LogP) is 4.63. The molecule has 2 N–H and O–H groups in total. The standard InChI is InChI=1S/C17H22FN3S.HI/c1-4-19-17(20-11-15-6-5-9-22-15)21-13(3)14-8-7-12(2)16(18)10-14;/h5-10,13H,4,11H2,1-3H3,(H2,19,20,21);1H. The van der Waals surface area contributed by atoms with Gasteiger partial charge >= 0.3 is 0 Å². The average Bonchev–Trinajstić information content (AvgIpc) is 3.01. The molecule has 0 fully saturated rings. The van der Waals surface area contributed by atoms with Crippen LogP contribution in [0.1, 0.15) is 35.9 Å². The summed E-state index contributed by atoms with van der Waals surface area (Å²) in [5, 5.41) is 8.59. The van der Waals surface area contributed by atoms with Gasteiger partial charge in [-0.15, -0.1) is 35.3 Å². The van der Waals surface area contributed by atoms with E-state index in [9.17, 15) is 4.39 Å². The number of nitrogens with zero attached hydrogens (tertiary/aromatic N) is 1. The Morgan fingerprint density at radius 1 is 1.35 bits per heavy atom. The van der Waals surface area contributed by atoms with Crippen LogP contribution < -0.4 is 10.6 Å². The van der Waals surface area contributed by atoms with Crippen LogP contribution in [0.5, 0.6) is 0 Å². The molecule has 0 amide bonds. The summed E-state index contributed by atoms with van der Waals surface area (Å²) in [5.41, 5.74) is 1.57. The minimum absolute atomic E-state index is 0. The van der Waals surface area contributed by atoms with E-state index >= 15 is 0 Å². The van der Waals surface area contributed by atoms with E-state index in [0.29, 0.717) is 12.1 Å². The Kier molecular flexibility index (Phi) is 8.54. The van der Waals surface area contributed by atoms with Gasteiger partial charge in [0.1, 0.15) is 5.82 Å². The van der Waals surface area contributed by atoms with Crippen LogP contribution in [0.3, 0.4) is 0 Å². The molecule has 2 aromatic rings. The second-order valence-electron chi connectivity index (χ2n) is 5.15. The fraction of sp³-hybridized carbons (Fsp3) is 0.353. The van der Waals surface area contributed by atoms with Gasteiger partial charge in [0.2, 0.25) is 0 Å². The number of nitrogens with one attached hydrogen (secondary N) is 2. The molecule has 1 aromatic carbocycles. The molecule has 1 atom stereocenters. The summed E-state index contributed by atoms with van der Waals surface area (Å²) >= 11 is 1.69. The van der Waals surface area contributed by atoms with Gasteiger partial charge in [0, 0.05) is 11.4 Å². The van der Waals surface area contributed by atoms with Gasteiger partial charge in [0.25, 0.3) is 0 Å². The number of halogens is 2. The summed E-state index contributed by atoms with van der Waals surface area (Å²) in [7, 11) is 0. The average molecular weight is 447 g/mol. The highest BCUT2D eigenvalue weighted by Crippen LogP contribution is 2.16. The summed E-state index contributed by atoms with van der Waals surface area (Å²) in [6.45, 7) is 7.22. The van der Waals surface area contributed by atoms with Gasteiger partial charge in [0.15, 0.2) is 5.96 Å². The first-order chi connectivity index (χ1) is 10.6. The third kappa shape index (κ3) is 6.10. The van der Waals surface area contributed by atoms with Crippen LogP contribution in [0.2, 0.25) is 0 Å². The number of aryl methyl sites for hydroxylation is 1. The van der Waals surface area contributed by atoms with Crippen LogP contribution >= 0.6 is 35.3 Å². The maximum Gasteiger partial charge on any atom is 0.192 e. The Morgan fingerprint density at radius 2 is 2.13 bits per heavy atom. The normalized spacial score (nSPS) is 12.4. The van der Waals surface area contributed by atoms with E-state index in [1.165, 1.54) is 4.88 Å². The first kappa shape index (κ1) is 19.9. The largest absolute Gasteiger partial charge is 0.357 e. The minimum atomic E-state index is -0.174. The van der Waals surface area contributed by atoms with Crippen LogP contribution in [-0.2, 0) is 6.54 Å². The second kappa shape index (κ2) is 9.87. The Hall–Kier alpha value is -1.15. The molecule has 0 spiro atoms. The topological polar surface area (TPSA) is 36.4 Å². The van der Waals surface area contributed by atoms with Crippen molar-refractivity contribution in [3.05, 3.63) is 57.5 Å². The first-order valence-electron chi connectivity index (χ1n) is 7.43. The molecule has 6 heteroatoms. The van der Waals surface area contributed by atoms with Crippen molar-refractivity contribution in [2.24, 2.45) is 4.99 Å². The van der Waals surface area contributed by atoms with Crippen LogP contribution in [0.25, 0.3) is 0 Å². The van der Waals surface area contributed by atoms with Crippen molar-refractivity contribution in [1.82, 2.24) is 10.6 Å². The number of benzene rings is 1. The zero-order valence-electron chi connectivity index (χ0n) is 13.6. The molecule has 1 unspecified atom stereocenters. The van der Waals surface area contributed by atoms with Gasteiger partial charge in [-0.2, -0.15) is 0 Å². The molecule has 0 saturated heterocycles. The Morgan fingerprint density at radius 3 is 2.74 bits per heavy atom. The van der Waals surface area contributed by atoms with E-state index < -0.39 is 0 Å². The lowest BCUT2D eigenvalue weighted by molar-refractivity contribution is 0.607. The lowest BCUT2D eigenvalue weighted by Gasteiger charge is -2.18. The SMILES string of the molecule is CCNC(=NCc1cccs1)NC(C)c1ccc(C)c(F)c1.I. The minimum Gasteiger partial charge on any atom is -0.357 e. The molecule has 0 radical (unpaired) electrons. The third-order valence-corrected chi connectivity index (χ3v) is 4.23. The van der Waals surface area contributed by atoms with Crippen LogP contribution in [0.4, 0.5) is 4.39 Å². The van der Waals surface area contributed by atoms with E-state index in [4.69, 9.17) is 0 Å². The second-order valence-corrected chi connectivity index (χ2v) is 6.18. The van der Waals surface area contributed by atoms with Crippen molar-refractivity contribution in [3.8, 4) is 0 Å². The lowest BCUT2D eigenvalue weighted by atomic mass is 10.1. The highest BCUT2D eigenvalue weighted by atomic mass is 127. The van der Waals surface area contributed by atoms with Crippen molar-refractivity contribution in [1.29, 1.82) is 0 Å². The Labute approximate surface area is 158 Å². The van der Waals surface area contributed by atoms with Gasteiger partial charge < -0.3 is 10.6 Å². The maximum atomic E-state index is 13.7. The Bertz CT molecular complexity index is 629. The van der Waals surface area contributed by atoms with E-state index in [1.807, 2.05) is 31.4 Å². The number of hydrogen-bond acceptors (Lipinski definition) is 2. The van der Waals surface area contributed by atoms with Crippen LogP contribution in [0.15, 0.2) is 40.7 Å². The zero-order valence-corrected chi connectivity index (χ0v) is 16.7. The van der Waals surface area contributed by atoms with E-state index in [2.05, 4.69) is 21.7 Å². The van der Waals surface area contributed by atoms with E-state index in [1.54, 1.807) is 30.4 Å². The predicted molar refractivity (Wildman–Crippen MR) is 107 cm³/mol. The first-order valence-corrected chi connectivity index (χ1v) is 8.31. The van der Waals surface area contributed by atoms with Crippen molar-refractivity contribution < 1.29 is 4.39 Å².